The first-order valence-corrected chi connectivity index (χ1v) is 6.82. The summed E-state index contributed by atoms with van der Waals surface area (Å²) in [6.45, 7) is 1.94. The molecule has 2 aromatic rings. The minimum Gasteiger partial charge on any atom is -0.457 e. The number of hydrogen-bond acceptors (Lipinski definition) is 2. The van der Waals surface area contributed by atoms with E-state index in [0.717, 1.165) is 12.0 Å². The van der Waals surface area contributed by atoms with Gasteiger partial charge in [-0.05, 0) is 53.0 Å². The van der Waals surface area contributed by atoms with Gasteiger partial charge in [-0.25, -0.2) is 4.39 Å². The first kappa shape index (κ1) is 14.0. The van der Waals surface area contributed by atoms with Gasteiger partial charge in [-0.2, -0.15) is 0 Å². The molecule has 4 heteroatoms. The molecule has 0 saturated heterocycles. The molecule has 1 unspecified atom stereocenters. The van der Waals surface area contributed by atoms with E-state index in [0.29, 0.717) is 16.0 Å². The van der Waals surface area contributed by atoms with Crippen LogP contribution in [0.4, 0.5) is 4.39 Å². The average Bonchev–Trinajstić information content (AvgIpc) is 2.36. The summed E-state index contributed by atoms with van der Waals surface area (Å²) >= 11 is 3.11. The zero-order valence-electron chi connectivity index (χ0n) is 10.6. The highest BCUT2D eigenvalue weighted by Gasteiger charge is 2.08. The monoisotopic (exact) mass is 323 g/mol. The van der Waals surface area contributed by atoms with E-state index in [1.165, 1.54) is 6.07 Å². The second-order valence-electron chi connectivity index (χ2n) is 4.47. The minimum absolute atomic E-state index is 0.0476. The molecule has 2 rings (SSSR count). The van der Waals surface area contributed by atoms with Crippen LogP contribution in [0.5, 0.6) is 11.5 Å². The smallest absolute Gasteiger partial charge is 0.141 e. The Labute approximate surface area is 120 Å². The molecule has 2 aromatic carbocycles. The van der Waals surface area contributed by atoms with E-state index < -0.39 is 0 Å². The summed E-state index contributed by atoms with van der Waals surface area (Å²) < 4.78 is 19.6. The van der Waals surface area contributed by atoms with E-state index >= 15 is 0 Å². The van der Waals surface area contributed by atoms with Gasteiger partial charge < -0.3 is 10.5 Å². The van der Waals surface area contributed by atoms with Gasteiger partial charge in [0.1, 0.15) is 17.3 Å². The van der Waals surface area contributed by atoms with Crippen molar-refractivity contribution in [2.24, 2.45) is 5.73 Å². The summed E-state index contributed by atoms with van der Waals surface area (Å²) in [5.74, 6) is 0.835. The van der Waals surface area contributed by atoms with Gasteiger partial charge in [0.2, 0.25) is 0 Å². The number of hydrogen-bond donors (Lipinski definition) is 1. The third-order valence-corrected chi connectivity index (χ3v) is 3.28. The molecule has 0 saturated carbocycles. The van der Waals surface area contributed by atoms with Crippen LogP contribution < -0.4 is 10.5 Å². The Kier molecular flexibility index (Phi) is 4.56. The van der Waals surface area contributed by atoms with Gasteiger partial charge in [0.25, 0.3) is 0 Å². The van der Waals surface area contributed by atoms with Crippen LogP contribution >= 0.6 is 15.9 Å². The molecule has 0 amide bonds. The van der Waals surface area contributed by atoms with E-state index in [9.17, 15) is 4.39 Å². The summed E-state index contributed by atoms with van der Waals surface area (Å²) in [6.07, 6.45) is 0.717. The number of para-hydroxylation sites is 1. The second kappa shape index (κ2) is 6.17. The van der Waals surface area contributed by atoms with Gasteiger partial charge in [-0.3, -0.25) is 0 Å². The van der Waals surface area contributed by atoms with Gasteiger partial charge >= 0.3 is 0 Å². The molecule has 1 atom stereocenters. The van der Waals surface area contributed by atoms with Crippen LogP contribution in [0.25, 0.3) is 0 Å². The van der Waals surface area contributed by atoms with Crippen molar-refractivity contribution in [2.45, 2.75) is 19.4 Å². The predicted molar refractivity (Wildman–Crippen MR) is 78.0 cm³/mol. The maximum atomic E-state index is 13.4. The zero-order valence-corrected chi connectivity index (χ0v) is 12.2. The highest BCUT2D eigenvalue weighted by molar-refractivity contribution is 9.10. The Hall–Kier alpha value is -1.39. The van der Waals surface area contributed by atoms with E-state index in [4.69, 9.17) is 10.5 Å². The van der Waals surface area contributed by atoms with Gasteiger partial charge in [0.15, 0.2) is 0 Å². The Morgan fingerprint density at radius 3 is 2.68 bits per heavy atom. The van der Waals surface area contributed by atoms with Crippen molar-refractivity contribution in [1.82, 2.24) is 0 Å². The van der Waals surface area contributed by atoms with Gasteiger partial charge in [0, 0.05) is 12.1 Å². The third-order valence-electron chi connectivity index (χ3n) is 2.63. The number of ether oxygens (including phenoxy) is 1. The average molecular weight is 324 g/mol. The second-order valence-corrected chi connectivity index (χ2v) is 5.32. The molecule has 0 heterocycles. The third kappa shape index (κ3) is 3.78. The molecule has 0 aliphatic rings. The van der Waals surface area contributed by atoms with Crippen LogP contribution in [0.2, 0.25) is 0 Å². The number of rotatable bonds is 4. The van der Waals surface area contributed by atoms with E-state index in [2.05, 4.69) is 15.9 Å². The van der Waals surface area contributed by atoms with Crippen molar-refractivity contribution in [1.29, 1.82) is 0 Å². The van der Waals surface area contributed by atoms with Crippen LogP contribution in [-0.2, 0) is 6.42 Å². The van der Waals surface area contributed by atoms with E-state index in [1.54, 1.807) is 12.1 Å². The first-order chi connectivity index (χ1) is 9.06. The predicted octanol–water partition coefficient (Wildman–Crippen LogP) is 4.27. The van der Waals surface area contributed by atoms with Crippen LogP contribution in [0.15, 0.2) is 46.9 Å². The minimum atomic E-state index is -0.345. The lowest BCUT2D eigenvalue weighted by Crippen LogP contribution is -2.18. The molecule has 0 spiro atoms. The van der Waals surface area contributed by atoms with Crippen LogP contribution in [0, 0.1) is 5.82 Å². The fourth-order valence-electron chi connectivity index (χ4n) is 1.79. The molecule has 2 N–H and O–H groups in total. The lowest BCUT2D eigenvalue weighted by atomic mass is 10.1. The van der Waals surface area contributed by atoms with Crippen molar-refractivity contribution < 1.29 is 9.13 Å². The normalized spacial score (nSPS) is 12.2. The lowest BCUT2D eigenvalue weighted by Gasteiger charge is -2.13. The molecule has 0 aliphatic heterocycles. The van der Waals surface area contributed by atoms with Crippen molar-refractivity contribution in [3.8, 4) is 11.5 Å². The highest BCUT2D eigenvalue weighted by atomic mass is 79.9. The molecular formula is C15H15BrFNO. The van der Waals surface area contributed by atoms with Gasteiger partial charge in [-0.1, -0.05) is 18.2 Å². The topological polar surface area (TPSA) is 35.2 Å². The molecule has 2 nitrogen and oxygen atoms in total. The highest BCUT2D eigenvalue weighted by Crippen LogP contribution is 2.28. The standard InChI is InChI=1S/C15H15BrFNO/c1-10(18)8-11-4-2-3-5-15(11)19-12-6-7-13(16)14(17)9-12/h2-7,9-10H,8,18H2,1H3. The molecule has 0 fully saturated rings. The summed E-state index contributed by atoms with van der Waals surface area (Å²) in [5, 5.41) is 0. The first-order valence-electron chi connectivity index (χ1n) is 6.02. The number of nitrogens with two attached hydrogens (primary N) is 1. The molecular weight excluding hydrogens is 309 g/mol. The lowest BCUT2D eigenvalue weighted by molar-refractivity contribution is 0.468. The van der Waals surface area contributed by atoms with Crippen LogP contribution in [-0.4, -0.2) is 6.04 Å². The molecule has 0 aromatic heterocycles. The van der Waals surface area contributed by atoms with E-state index in [1.807, 2.05) is 31.2 Å². The Morgan fingerprint density at radius 1 is 1.26 bits per heavy atom. The summed E-state index contributed by atoms with van der Waals surface area (Å²) in [6, 6.07) is 12.4. The van der Waals surface area contributed by atoms with Gasteiger partial charge in [-0.15, -0.1) is 0 Å². The summed E-state index contributed by atoms with van der Waals surface area (Å²) in [4.78, 5) is 0. The maximum Gasteiger partial charge on any atom is 0.141 e. The fraction of sp³-hybridized carbons (Fsp3) is 0.200. The van der Waals surface area contributed by atoms with Crippen LogP contribution in [0.1, 0.15) is 12.5 Å². The largest absolute Gasteiger partial charge is 0.457 e. The van der Waals surface area contributed by atoms with Crippen molar-refractivity contribution in [3.63, 3.8) is 0 Å². The Bertz CT molecular complexity index is 572. The van der Waals surface area contributed by atoms with Crippen molar-refractivity contribution in [2.75, 3.05) is 0 Å². The fourth-order valence-corrected chi connectivity index (χ4v) is 2.03. The van der Waals surface area contributed by atoms with E-state index in [-0.39, 0.29) is 11.9 Å². The molecule has 100 valence electrons. The zero-order chi connectivity index (χ0) is 13.8. The SMILES string of the molecule is CC(N)Cc1ccccc1Oc1ccc(Br)c(F)c1. The van der Waals surface area contributed by atoms with Crippen molar-refractivity contribution in [3.05, 3.63) is 58.3 Å². The molecule has 0 aliphatic carbocycles. The molecule has 0 bridgehead atoms. The number of halogens is 2. The molecule has 0 radical (unpaired) electrons. The summed E-state index contributed by atoms with van der Waals surface area (Å²) in [7, 11) is 0. The van der Waals surface area contributed by atoms with Crippen LogP contribution in [0.3, 0.4) is 0 Å². The number of benzene rings is 2. The van der Waals surface area contributed by atoms with Crippen molar-refractivity contribution >= 4 is 15.9 Å². The Balaban J connectivity index is 2.25. The Morgan fingerprint density at radius 2 is 2.00 bits per heavy atom. The van der Waals surface area contributed by atoms with Gasteiger partial charge in [0.05, 0.1) is 4.47 Å². The summed E-state index contributed by atoms with van der Waals surface area (Å²) in [5.41, 5.74) is 6.82. The maximum absolute atomic E-state index is 13.4. The quantitative estimate of drug-likeness (QED) is 0.911. The molecule has 19 heavy (non-hydrogen) atoms.